The summed E-state index contributed by atoms with van der Waals surface area (Å²) in [4.78, 5) is 14.9. The summed E-state index contributed by atoms with van der Waals surface area (Å²) in [6, 6.07) is 5.99. The van der Waals surface area contributed by atoms with Crippen LogP contribution < -0.4 is 0 Å². The highest BCUT2D eigenvalue weighted by atomic mass is 35.5. The highest BCUT2D eigenvalue weighted by Crippen LogP contribution is 2.38. The van der Waals surface area contributed by atoms with Crippen molar-refractivity contribution in [2.24, 2.45) is 5.41 Å². The van der Waals surface area contributed by atoms with Gasteiger partial charge < -0.3 is 5.11 Å². The van der Waals surface area contributed by atoms with Crippen LogP contribution in [0.15, 0.2) is 18.2 Å². The third kappa shape index (κ3) is 2.56. The van der Waals surface area contributed by atoms with Gasteiger partial charge in [0.1, 0.15) is 0 Å². The first-order valence-corrected chi connectivity index (χ1v) is 8.22. The molecule has 3 nitrogen and oxygen atoms in total. The Morgan fingerprint density at radius 1 is 1.52 bits per heavy atom. The van der Waals surface area contributed by atoms with E-state index < -0.39 is 11.4 Å². The Balaban J connectivity index is 1.85. The van der Waals surface area contributed by atoms with Gasteiger partial charge in [-0.2, -0.15) is 0 Å². The van der Waals surface area contributed by atoms with E-state index in [2.05, 4.69) is 17.9 Å². The largest absolute Gasteiger partial charge is 0.481 e. The average molecular weight is 324 g/mol. The third-order valence-electron chi connectivity index (χ3n) is 4.45. The lowest BCUT2D eigenvalue weighted by Crippen LogP contribution is -2.31. The number of aryl methyl sites for hydroxylation is 1. The van der Waals surface area contributed by atoms with Gasteiger partial charge in [-0.3, -0.25) is 9.69 Å². The molecule has 0 spiro atoms. The molecule has 0 amide bonds. The highest BCUT2D eigenvalue weighted by molar-refractivity contribution is 7.20. The van der Waals surface area contributed by atoms with Crippen molar-refractivity contribution in [1.29, 1.82) is 0 Å². The number of aliphatic carboxylic acids is 1. The third-order valence-corrected chi connectivity index (χ3v) is 6.20. The molecule has 1 fully saturated rings. The van der Waals surface area contributed by atoms with E-state index in [1.165, 1.54) is 15.8 Å². The topological polar surface area (TPSA) is 40.5 Å². The number of benzene rings is 1. The van der Waals surface area contributed by atoms with E-state index in [9.17, 15) is 9.90 Å². The van der Waals surface area contributed by atoms with E-state index in [1.807, 2.05) is 19.1 Å². The first-order valence-electron chi connectivity index (χ1n) is 7.03. The van der Waals surface area contributed by atoms with Crippen LogP contribution in [-0.2, 0) is 11.3 Å². The lowest BCUT2D eigenvalue weighted by molar-refractivity contribution is -0.147. The summed E-state index contributed by atoms with van der Waals surface area (Å²) in [5, 5.41) is 11.3. The molecule has 0 radical (unpaired) electrons. The second-order valence-corrected chi connectivity index (χ2v) is 7.61. The molecular weight excluding hydrogens is 306 g/mol. The van der Waals surface area contributed by atoms with Gasteiger partial charge in [0.05, 0.1) is 15.1 Å². The maximum absolute atomic E-state index is 11.3. The molecule has 2 aromatic rings. The predicted molar refractivity (Wildman–Crippen MR) is 87.2 cm³/mol. The van der Waals surface area contributed by atoms with E-state index in [0.717, 1.165) is 22.8 Å². The van der Waals surface area contributed by atoms with Crippen LogP contribution in [0.4, 0.5) is 0 Å². The van der Waals surface area contributed by atoms with E-state index in [4.69, 9.17) is 11.6 Å². The van der Waals surface area contributed by atoms with E-state index >= 15 is 0 Å². The van der Waals surface area contributed by atoms with Crippen molar-refractivity contribution in [3.05, 3.63) is 33.7 Å². The number of carboxylic acids is 1. The molecule has 5 heteroatoms. The van der Waals surface area contributed by atoms with Gasteiger partial charge in [0.15, 0.2) is 0 Å². The van der Waals surface area contributed by atoms with Crippen LogP contribution in [0.3, 0.4) is 0 Å². The molecule has 1 aromatic heterocycles. The normalized spacial score (nSPS) is 23.0. The number of fused-ring (bicyclic) bond motifs is 1. The fourth-order valence-electron chi connectivity index (χ4n) is 2.98. The van der Waals surface area contributed by atoms with E-state index in [-0.39, 0.29) is 0 Å². The number of nitrogens with zero attached hydrogens (tertiary/aromatic N) is 1. The number of rotatable bonds is 3. The van der Waals surface area contributed by atoms with Gasteiger partial charge in [-0.15, -0.1) is 11.3 Å². The van der Waals surface area contributed by atoms with Gasteiger partial charge in [0.25, 0.3) is 0 Å². The van der Waals surface area contributed by atoms with Crippen LogP contribution in [0.2, 0.25) is 5.02 Å². The van der Waals surface area contributed by atoms with Gasteiger partial charge in [0, 0.05) is 18.0 Å². The summed E-state index contributed by atoms with van der Waals surface area (Å²) < 4.78 is 1.13. The maximum atomic E-state index is 11.3. The first-order chi connectivity index (χ1) is 9.90. The smallest absolute Gasteiger partial charge is 0.310 e. The summed E-state index contributed by atoms with van der Waals surface area (Å²) in [7, 11) is 0. The van der Waals surface area contributed by atoms with Crippen LogP contribution in [0.1, 0.15) is 23.8 Å². The molecule has 1 aliphatic rings. The van der Waals surface area contributed by atoms with Crippen LogP contribution in [-0.4, -0.2) is 29.1 Å². The maximum Gasteiger partial charge on any atom is 0.310 e. The molecule has 1 saturated heterocycles. The number of likely N-dealkylation sites (tertiary alicyclic amines) is 1. The van der Waals surface area contributed by atoms with Crippen molar-refractivity contribution in [2.45, 2.75) is 26.8 Å². The molecule has 112 valence electrons. The lowest BCUT2D eigenvalue weighted by atomic mass is 9.90. The highest BCUT2D eigenvalue weighted by Gasteiger charge is 2.40. The van der Waals surface area contributed by atoms with Crippen molar-refractivity contribution < 1.29 is 9.90 Å². The molecule has 0 saturated carbocycles. The lowest BCUT2D eigenvalue weighted by Gasteiger charge is -2.19. The molecule has 0 aliphatic carbocycles. The number of hydrogen-bond acceptors (Lipinski definition) is 3. The number of thiophene rings is 1. The molecule has 1 atom stereocenters. The Kier molecular flexibility index (Phi) is 3.72. The monoisotopic (exact) mass is 323 g/mol. The van der Waals surface area contributed by atoms with Crippen LogP contribution >= 0.6 is 22.9 Å². The van der Waals surface area contributed by atoms with Crippen LogP contribution in [0.5, 0.6) is 0 Å². The number of carbonyl (C=O) groups is 1. The molecular formula is C16H18ClNO2S. The fraction of sp³-hybridized carbons (Fsp3) is 0.438. The summed E-state index contributed by atoms with van der Waals surface area (Å²) in [6.45, 7) is 6.22. The van der Waals surface area contributed by atoms with Crippen molar-refractivity contribution in [3.63, 3.8) is 0 Å². The minimum atomic E-state index is -0.693. The molecule has 1 N–H and O–H groups in total. The van der Waals surface area contributed by atoms with Crippen LogP contribution in [0.25, 0.3) is 10.1 Å². The number of hydrogen-bond donors (Lipinski definition) is 1. The zero-order chi connectivity index (χ0) is 15.2. The second kappa shape index (κ2) is 5.27. The van der Waals surface area contributed by atoms with Crippen LogP contribution in [0, 0.1) is 12.3 Å². The minimum absolute atomic E-state index is 0.609. The van der Waals surface area contributed by atoms with Gasteiger partial charge >= 0.3 is 5.97 Å². The second-order valence-electron chi connectivity index (χ2n) is 6.09. The minimum Gasteiger partial charge on any atom is -0.481 e. The van der Waals surface area contributed by atoms with E-state index in [1.54, 1.807) is 11.3 Å². The fourth-order valence-corrected chi connectivity index (χ4v) is 4.52. The standard InChI is InChI=1S/C16H18ClNO2S/c1-10-11-4-3-5-12(17)14(11)21-13(10)8-18-7-6-16(2,9-18)15(19)20/h3-5H,6-9H2,1-2H3,(H,19,20). The van der Waals surface area contributed by atoms with E-state index in [0.29, 0.717) is 13.0 Å². The van der Waals surface area contributed by atoms with Crippen molar-refractivity contribution in [1.82, 2.24) is 4.90 Å². The zero-order valence-corrected chi connectivity index (χ0v) is 13.7. The number of halogens is 1. The Hall–Kier alpha value is -1.10. The Morgan fingerprint density at radius 2 is 2.29 bits per heavy atom. The van der Waals surface area contributed by atoms with Crippen molar-refractivity contribution >= 4 is 39.0 Å². The molecule has 1 aromatic carbocycles. The number of carboxylic acid groups (broad SMARTS) is 1. The molecule has 1 unspecified atom stereocenters. The van der Waals surface area contributed by atoms with Crippen molar-refractivity contribution in [3.8, 4) is 0 Å². The van der Waals surface area contributed by atoms with Gasteiger partial charge in [-0.1, -0.05) is 23.7 Å². The predicted octanol–water partition coefficient (Wildman–Crippen LogP) is 4.16. The van der Waals surface area contributed by atoms with Gasteiger partial charge in [-0.05, 0) is 43.8 Å². The first kappa shape index (κ1) is 14.8. The molecule has 0 bridgehead atoms. The molecule has 2 heterocycles. The summed E-state index contributed by atoms with van der Waals surface area (Å²) in [5.41, 5.74) is 0.656. The average Bonchev–Trinajstić information content (AvgIpc) is 2.96. The quantitative estimate of drug-likeness (QED) is 0.922. The molecule has 3 rings (SSSR count). The van der Waals surface area contributed by atoms with Gasteiger partial charge in [0.2, 0.25) is 0 Å². The Labute approximate surface area is 133 Å². The molecule has 21 heavy (non-hydrogen) atoms. The van der Waals surface area contributed by atoms with Crippen molar-refractivity contribution in [2.75, 3.05) is 13.1 Å². The zero-order valence-electron chi connectivity index (χ0n) is 12.1. The van der Waals surface area contributed by atoms with Gasteiger partial charge in [-0.25, -0.2) is 0 Å². The SMILES string of the molecule is Cc1c(CN2CCC(C)(C(=O)O)C2)sc2c(Cl)cccc12. The summed E-state index contributed by atoms with van der Waals surface area (Å²) >= 11 is 7.99. The Bertz CT molecular complexity index is 712. The Morgan fingerprint density at radius 3 is 2.90 bits per heavy atom. The molecule has 1 aliphatic heterocycles. The summed E-state index contributed by atoms with van der Waals surface area (Å²) in [5.74, 6) is -0.693. The summed E-state index contributed by atoms with van der Waals surface area (Å²) in [6.07, 6.45) is 0.715.